The van der Waals surface area contributed by atoms with Gasteiger partial charge in [0.05, 0.1) is 24.0 Å². The molecular formula is C13H16N2O3. The topological polar surface area (TPSA) is 71.8 Å². The molecule has 0 saturated carbocycles. The van der Waals surface area contributed by atoms with Gasteiger partial charge in [0, 0.05) is 11.9 Å². The average Bonchev–Trinajstić information content (AvgIpc) is 2.37. The summed E-state index contributed by atoms with van der Waals surface area (Å²) in [6.45, 7) is 4.98. The van der Waals surface area contributed by atoms with E-state index in [0.717, 1.165) is 5.56 Å². The first-order valence-corrected chi connectivity index (χ1v) is 5.42. The quantitative estimate of drug-likeness (QED) is 0.655. The van der Waals surface area contributed by atoms with E-state index in [9.17, 15) is 4.79 Å². The molecular weight excluding hydrogens is 232 g/mol. The van der Waals surface area contributed by atoms with Crippen molar-refractivity contribution < 1.29 is 14.6 Å². The van der Waals surface area contributed by atoms with Gasteiger partial charge in [-0.3, -0.25) is 4.99 Å². The summed E-state index contributed by atoms with van der Waals surface area (Å²) in [5, 5.41) is 8.87. The van der Waals surface area contributed by atoms with E-state index < -0.39 is 5.97 Å². The van der Waals surface area contributed by atoms with Gasteiger partial charge in [-0.05, 0) is 32.9 Å². The fourth-order valence-corrected chi connectivity index (χ4v) is 1.38. The summed E-state index contributed by atoms with van der Waals surface area (Å²) in [6, 6.07) is 3.61. The molecule has 0 radical (unpaired) electrons. The number of carboxylic acids is 1. The number of rotatable bonds is 4. The molecule has 0 aliphatic carbocycles. The van der Waals surface area contributed by atoms with Gasteiger partial charge in [0.2, 0.25) is 5.88 Å². The van der Waals surface area contributed by atoms with Crippen LogP contribution in [0, 0.1) is 0 Å². The van der Waals surface area contributed by atoms with Gasteiger partial charge < -0.3 is 9.84 Å². The molecule has 0 aliphatic rings. The fourth-order valence-electron chi connectivity index (χ4n) is 1.38. The monoisotopic (exact) mass is 248 g/mol. The largest absolute Gasteiger partial charge is 0.481 e. The minimum Gasteiger partial charge on any atom is -0.481 e. The maximum atomic E-state index is 10.8. The molecule has 0 saturated heterocycles. The van der Waals surface area contributed by atoms with Crippen LogP contribution in [-0.2, 0) is 4.79 Å². The summed E-state index contributed by atoms with van der Waals surface area (Å²) in [4.78, 5) is 19.2. The lowest BCUT2D eigenvalue weighted by atomic mass is 10.1. The van der Waals surface area contributed by atoms with Gasteiger partial charge in [-0.25, -0.2) is 9.78 Å². The third kappa shape index (κ3) is 3.16. The van der Waals surface area contributed by atoms with Gasteiger partial charge in [0.25, 0.3) is 0 Å². The number of nitrogens with zero attached hydrogens (tertiary/aromatic N) is 2. The van der Waals surface area contributed by atoms with Gasteiger partial charge in [-0.15, -0.1) is 0 Å². The van der Waals surface area contributed by atoms with Crippen LogP contribution in [0.2, 0.25) is 0 Å². The zero-order valence-corrected chi connectivity index (χ0v) is 10.9. The Morgan fingerprint density at radius 1 is 1.39 bits per heavy atom. The summed E-state index contributed by atoms with van der Waals surface area (Å²) in [5.41, 5.74) is 2.10. The lowest BCUT2D eigenvalue weighted by Gasteiger charge is -2.07. The van der Waals surface area contributed by atoms with E-state index in [1.165, 1.54) is 14.0 Å². The third-order valence-corrected chi connectivity index (χ3v) is 2.55. The maximum Gasteiger partial charge on any atom is 0.333 e. The number of aliphatic carboxylic acids is 1. The Hall–Kier alpha value is -2.17. The smallest absolute Gasteiger partial charge is 0.333 e. The second-order valence-corrected chi connectivity index (χ2v) is 3.77. The van der Waals surface area contributed by atoms with Crippen LogP contribution in [0.4, 0.5) is 0 Å². The van der Waals surface area contributed by atoms with Crippen molar-refractivity contribution >= 4 is 11.7 Å². The van der Waals surface area contributed by atoms with Gasteiger partial charge in [-0.1, -0.05) is 0 Å². The standard InChI is InChI=1S/C13H16N2O3/c1-8(13(16)17)9(2)15-10(3)11-6-5-7-14-12(11)18-4/h5-7H,1-4H3,(H,16,17)/b9-8+,15-10?. The van der Waals surface area contributed by atoms with Crippen molar-refractivity contribution in [1.29, 1.82) is 0 Å². The third-order valence-electron chi connectivity index (χ3n) is 2.55. The maximum absolute atomic E-state index is 10.8. The van der Waals surface area contributed by atoms with Crippen LogP contribution in [0.3, 0.4) is 0 Å². The predicted molar refractivity (Wildman–Crippen MR) is 69.0 cm³/mol. The molecule has 0 unspecified atom stereocenters. The number of aromatic nitrogens is 1. The molecule has 18 heavy (non-hydrogen) atoms. The van der Waals surface area contributed by atoms with Gasteiger partial charge >= 0.3 is 5.97 Å². The Morgan fingerprint density at radius 2 is 2.06 bits per heavy atom. The minimum atomic E-state index is -0.970. The molecule has 0 aromatic carbocycles. The molecule has 1 aromatic rings. The Bertz CT molecular complexity index is 519. The van der Waals surface area contributed by atoms with Crippen molar-refractivity contribution in [3.8, 4) is 5.88 Å². The van der Waals surface area contributed by atoms with E-state index in [1.54, 1.807) is 26.1 Å². The normalized spacial score (nSPS) is 13.0. The summed E-state index contributed by atoms with van der Waals surface area (Å²) >= 11 is 0. The number of carbonyl (C=O) groups is 1. The lowest BCUT2D eigenvalue weighted by Crippen LogP contribution is -2.03. The minimum absolute atomic E-state index is 0.220. The van der Waals surface area contributed by atoms with E-state index in [0.29, 0.717) is 17.3 Å². The van der Waals surface area contributed by atoms with Gasteiger partial charge in [0.1, 0.15) is 0 Å². The zero-order valence-electron chi connectivity index (χ0n) is 10.9. The summed E-state index contributed by atoms with van der Waals surface area (Å²) in [7, 11) is 1.53. The number of pyridine rings is 1. The Morgan fingerprint density at radius 3 is 2.61 bits per heavy atom. The molecule has 0 spiro atoms. The first kappa shape index (κ1) is 13.9. The van der Waals surface area contributed by atoms with Gasteiger partial charge in [0.15, 0.2) is 0 Å². The highest BCUT2D eigenvalue weighted by molar-refractivity contribution is 6.01. The van der Waals surface area contributed by atoms with Crippen LogP contribution >= 0.6 is 0 Å². The second kappa shape index (κ2) is 5.95. The van der Waals surface area contributed by atoms with E-state index in [4.69, 9.17) is 9.84 Å². The van der Waals surface area contributed by atoms with Gasteiger partial charge in [-0.2, -0.15) is 0 Å². The van der Waals surface area contributed by atoms with Crippen LogP contribution in [0.1, 0.15) is 26.3 Å². The van der Waals surface area contributed by atoms with Crippen LogP contribution in [0.25, 0.3) is 0 Å². The van der Waals surface area contributed by atoms with Crippen molar-refractivity contribution in [3.63, 3.8) is 0 Å². The van der Waals surface area contributed by atoms with Crippen molar-refractivity contribution in [2.45, 2.75) is 20.8 Å². The number of methoxy groups -OCH3 is 1. The highest BCUT2D eigenvalue weighted by atomic mass is 16.5. The molecule has 1 rings (SSSR count). The second-order valence-electron chi connectivity index (χ2n) is 3.77. The van der Waals surface area contributed by atoms with E-state index in [2.05, 4.69) is 9.98 Å². The number of hydrogen-bond donors (Lipinski definition) is 1. The molecule has 5 heteroatoms. The molecule has 1 N–H and O–H groups in total. The molecule has 0 bridgehead atoms. The van der Waals surface area contributed by atoms with Crippen LogP contribution in [0.5, 0.6) is 5.88 Å². The zero-order chi connectivity index (χ0) is 13.7. The molecule has 5 nitrogen and oxygen atoms in total. The molecule has 0 fully saturated rings. The molecule has 0 amide bonds. The number of hydrogen-bond acceptors (Lipinski definition) is 4. The number of allylic oxidation sites excluding steroid dienone is 1. The first-order chi connectivity index (χ1) is 8.47. The van der Waals surface area contributed by atoms with E-state index >= 15 is 0 Å². The number of ether oxygens (including phenoxy) is 1. The van der Waals surface area contributed by atoms with Crippen molar-refractivity contribution in [2.75, 3.05) is 7.11 Å². The molecule has 1 aromatic heterocycles. The average molecular weight is 248 g/mol. The van der Waals surface area contributed by atoms with E-state index in [-0.39, 0.29) is 5.57 Å². The summed E-state index contributed by atoms with van der Waals surface area (Å²) < 4.78 is 5.13. The van der Waals surface area contributed by atoms with Crippen molar-refractivity contribution in [3.05, 3.63) is 35.2 Å². The molecule has 0 aliphatic heterocycles. The SMILES string of the molecule is COc1ncccc1C(C)=N/C(C)=C(\C)C(=O)O. The van der Waals surface area contributed by atoms with E-state index in [1.807, 2.05) is 6.07 Å². The summed E-state index contributed by atoms with van der Waals surface area (Å²) in [5.74, 6) is -0.498. The molecule has 0 atom stereocenters. The summed E-state index contributed by atoms with van der Waals surface area (Å²) in [6.07, 6.45) is 1.63. The molecule has 96 valence electrons. The number of aliphatic imine (C=N–C) groups is 1. The Balaban J connectivity index is 3.18. The highest BCUT2D eigenvalue weighted by Gasteiger charge is 2.09. The highest BCUT2D eigenvalue weighted by Crippen LogP contribution is 2.16. The van der Waals surface area contributed by atoms with Crippen molar-refractivity contribution in [1.82, 2.24) is 4.98 Å². The lowest BCUT2D eigenvalue weighted by molar-refractivity contribution is -0.132. The van der Waals surface area contributed by atoms with Crippen LogP contribution in [-0.4, -0.2) is 28.9 Å². The van der Waals surface area contributed by atoms with Crippen molar-refractivity contribution in [2.24, 2.45) is 4.99 Å². The Labute approximate surface area is 106 Å². The predicted octanol–water partition coefficient (Wildman–Crippen LogP) is 2.28. The molecule has 1 heterocycles. The van der Waals surface area contributed by atoms with Crippen LogP contribution in [0.15, 0.2) is 34.6 Å². The first-order valence-electron chi connectivity index (χ1n) is 5.42. The van der Waals surface area contributed by atoms with Crippen LogP contribution < -0.4 is 4.74 Å². The number of carboxylic acid groups (broad SMARTS) is 1. The fraction of sp³-hybridized carbons (Fsp3) is 0.308. The Kier molecular flexibility index (Phi) is 4.59.